The Kier molecular flexibility index (Phi) is 4.42. The molecule has 0 spiro atoms. The third-order valence-electron chi connectivity index (χ3n) is 2.98. The Morgan fingerprint density at radius 1 is 1.30 bits per heavy atom. The third kappa shape index (κ3) is 3.39. The monoisotopic (exact) mass is 271 g/mol. The molecule has 0 saturated heterocycles. The lowest BCUT2D eigenvalue weighted by Gasteiger charge is -2.12. The highest BCUT2D eigenvalue weighted by molar-refractivity contribution is 5.94. The van der Waals surface area contributed by atoms with Crippen LogP contribution in [0.3, 0.4) is 0 Å². The minimum atomic E-state index is -0.730. The maximum absolute atomic E-state index is 12.0. The topological polar surface area (TPSA) is 75.1 Å². The Bertz CT molecular complexity index is 599. The fourth-order valence-electron chi connectivity index (χ4n) is 1.88. The zero-order valence-corrected chi connectivity index (χ0v) is 11.5. The number of hydrogen-bond donors (Lipinski definition) is 2. The van der Waals surface area contributed by atoms with Gasteiger partial charge < -0.3 is 10.4 Å². The van der Waals surface area contributed by atoms with E-state index >= 15 is 0 Å². The molecule has 2 aromatic rings. The van der Waals surface area contributed by atoms with Crippen LogP contribution in [-0.2, 0) is 0 Å². The van der Waals surface area contributed by atoms with Gasteiger partial charge in [-0.05, 0) is 19.4 Å². The molecule has 1 amide bonds. The Morgan fingerprint density at radius 3 is 2.65 bits per heavy atom. The second kappa shape index (κ2) is 6.25. The summed E-state index contributed by atoms with van der Waals surface area (Å²) in [6, 6.07) is 9.20. The van der Waals surface area contributed by atoms with Gasteiger partial charge in [-0.2, -0.15) is 0 Å². The van der Waals surface area contributed by atoms with E-state index < -0.39 is 6.10 Å². The Hall–Kier alpha value is -2.27. The average molecular weight is 271 g/mol. The van der Waals surface area contributed by atoms with Crippen LogP contribution in [0.25, 0.3) is 0 Å². The first-order valence-corrected chi connectivity index (χ1v) is 6.39. The molecule has 0 saturated carbocycles. The van der Waals surface area contributed by atoms with Crippen molar-refractivity contribution in [2.45, 2.75) is 20.0 Å². The lowest BCUT2D eigenvalue weighted by molar-refractivity contribution is 0.0915. The van der Waals surface area contributed by atoms with Crippen molar-refractivity contribution in [2.75, 3.05) is 6.54 Å². The molecule has 2 N–H and O–H groups in total. The summed E-state index contributed by atoms with van der Waals surface area (Å²) in [7, 11) is 0. The highest BCUT2D eigenvalue weighted by Crippen LogP contribution is 2.11. The fourth-order valence-corrected chi connectivity index (χ4v) is 1.88. The van der Waals surface area contributed by atoms with Crippen molar-refractivity contribution < 1.29 is 9.90 Å². The predicted molar refractivity (Wildman–Crippen MR) is 75.2 cm³/mol. The summed E-state index contributed by atoms with van der Waals surface area (Å²) in [5.41, 5.74) is 1.82. The number of aromatic nitrogens is 2. The van der Waals surface area contributed by atoms with Crippen LogP contribution < -0.4 is 5.32 Å². The zero-order valence-electron chi connectivity index (χ0n) is 11.5. The second-order valence-electron chi connectivity index (χ2n) is 4.55. The number of carbonyl (C=O) groups excluding carboxylic acids is 1. The number of rotatable bonds is 4. The van der Waals surface area contributed by atoms with Crippen LogP contribution in [0.4, 0.5) is 0 Å². The van der Waals surface area contributed by atoms with Gasteiger partial charge in [-0.15, -0.1) is 0 Å². The minimum absolute atomic E-state index is 0.149. The third-order valence-corrected chi connectivity index (χ3v) is 2.98. The van der Waals surface area contributed by atoms with Crippen molar-refractivity contribution in [3.63, 3.8) is 0 Å². The smallest absolute Gasteiger partial charge is 0.254 e. The molecule has 104 valence electrons. The normalized spacial score (nSPS) is 11.9. The van der Waals surface area contributed by atoms with Crippen LogP contribution in [0, 0.1) is 13.8 Å². The van der Waals surface area contributed by atoms with E-state index in [-0.39, 0.29) is 12.5 Å². The number of aliphatic hydroxyl groups excluding tert-OH is 1. The summed E-state index contributed by atoms with van der Waals surface area (Å²) in [6.07, 6.45) is 0.772. The average Bonchev–Trinajstić information content (AvgIpc) is 2.45. The van der Waals surface area contributed by atoms with Crippen LogP contribution >= 0.6 is 0 Å². The van der Waals surface area contributed by atoms with Crippen LogP contribution in [0.2, 0.25) is 0 Å². The quantitative estimate of drug-likeness (QED) is 0.885. The number of nitrogens with zero attached hydrogens (tertiary/aromatic N) is 2. The molecule has 0 radical (unpaired) electrons. The molecular formula is C15H17N3O2. The molecule has 2 rings (SSSR count). The van der Waals surface area contributed by atoms with Crippen molar-refractivity contribution in [1.29, 1.82) is 0 Å². The maximum Gasteiger partial charge on any atom is 0.254 e. The summed E-state index contributed by atoms with van der Waals surface area (Å²) in [4.78, 5) is 20.2. The van der Waals surface area contributed by atoms with E-state index in [2.05, 4.69) is 15.3 Å². The van der Waals surface area contributed by atoms with Gasteiger partial charge in [0.05, 0.1) is 17.4 Å². The first-order chi connectivity index (χ1) is 9.58. The molecule has 0 aliphatic rings. The SMILES string of the molecule is Cc1ncc(C(=O)NCC(O)c2ccccc2)c(C)n1. The maximum atomic E-state index is 12.0. The van der Waals surface area contributed by atoms with Crippen LogP contribution in [0.15, 0.2) is 36.5 Å². The van der Waals surface area contributed by atoms with Crippen molar-refractivity contribution in [3.05, 3.63) is 59.2 Å². The van der Waals surface area contributed by atoms with Crippen molar-refractivity contribution >= 4 is 5.91 Å². The van der Waals surface area contributed by atoms with E-state index in [1.54, 1.807) is 13.8 Å². The first-order valence-electron chi connectivity index (χ1n) is 6.39. The molecule has 1 aromatic carbocycles. The van der Waals surface area contributed by atoms with E-state index in [0.29, 0.717) is 17.1 Å². The van der Waals surface area contributed by atoms with E-state index in [0.717, 1.165) is 5.56 Å². The second-order valence-corrected chi connectivity index (χ2v) is 4.55. The molecule has 0 fully saturated rings. The van der Waals surface area contributed by atoms with E-state index in [9.17, 15) is 9.90 Å². The van der Waals surface area contributed by atoms with Gasteiger partial charge in [-0.3, -0.25) is 4.79 Å². The number of carbonyl (C=O) groups is 1. The number of benzene rings is 1. The van der Waals surface area contributed by atoms with E-state index in [1.165, 1.54) is 6.20 Å². The molecule has 1 heterocycles. The molecule has 20 heavy (non-hydrogen) atoms. The van der Waals surface area contributed by atoms with Gasteiger partial charge in [0.1, 0.15) is 5.82 Å². The molecule has 1 aromatic heterocycles. The number of nitrogens with one attached hydrogen (secondary N) is 1. The van der Waals surface area contributed by atoms with Crippen LogP contribution in [0.5, 0.6) is 0 Å². The van der Waals surface area contributed by atoms with E-state index in [1.807, 2.05) is 30.3 Å². The number of amides is 1. The molecular weight excluding hydrogens is 254 g/mol. The Labute approximate surface area is 117 Å². The van der Waals surface area contributed by atoms with Crippen molar-refractivity contribution in [3.8, 4) is 0 Å². The van der Waals surface area contributed by atoms with Crippen LogP contribution in [-0.4, -0.2) is 27.5 Å². The summed E-state index contributed by atoms with van der Waals surface area (Å²) in [5, 5.41) is 12.7. The number of aryl methyl sites for hydroxylation is 2. The fraction of sp³-hybridized carbons (Fsp3) is 0.267. The molecule has 5 nitrogen and oxygen atoms in total. The number of hydrogen-bond acceptors (Lipinski definition) is 4. The highest BCUT2D eigenvalue weighted by Gasteiger charge is 2.13. The molecule has 0 aliphatic carbocycles. The molecule has 1 unspecified atom stereocenters. The first kappa shape index (κ1) is 14.1. The van der Waals surface area contributed by atoms with Gasteiger partial charge in [0, 0.05) is 12.7 Å². The summed E-state index contributed by atoms with van der Waals surface area (Å²) in [5.74, 6) is 0.348. The molecule has 0 aliphatic heterocycles. The van der Waals surface area contributed by atoms with Crippen molar-refractivity contribution in [1.82, 2.24) is 15.3 Å². The van der Waals surface area contributed by atoms with Gasteiger partial charge >= 0.3 is 0 Å². The van der Waals surface area contributed by atoms with Gasteiger partial charge in [-0.25, -0.2) is 9.97 Å². The summed E-state index contributed by atoms with van der Waals surface area (Å²) >= 11 is 0. The minimum Gasteiger partial charge on any atom is -0.387 e. The Morgan fingerprint density at radius 2 is 2.00 bits per heavy atom. The van der Waals surface area contributed by atoms with Gasteiger partial charge in [0.2, 0.25) is 0 Å². The van der Waals surface area contributed by atoms with Gasteiger partial charge in [0.15, 0.2) is 0 Å². The summed E-state index contributed by atoms with van der Waals surface area (Å²) in [6.45, 7) is 3.68. The summed E-state index contributed by atoms with van der Waals surface area (Å²) < 4.78 is 0. The Balaban J connectivity index is 1.99. The molecule has 1 atom stereocenters. The van der Waals surface area contributed by atoms with Crippen LogP contribution in [0.1, 0.15) is 33.5 Å². The number of aliphatic hydroxyl groups is 1. The predicted octanol–water partition coefficient (Wildman–Crippen LogP) is 1.56. The lowest BCUT2D eigenvalue weighted by atomic mass is 10.1. The lowest BCUT2D eigenvalue weighted by Crippen LogP contribution is -2.29. The largest absolute Gasteiger partial charge is 0.387 e. The van der Waals surface area contributed by atoms with Crippen molar-refractivity contribution in [2.24, 2.45) is 0 Å². The standard InChI is InChI=1S/C15H17N3O2/c1-10-13(8-16-11(2)18-10)15(20)17-9-14(19)12-6-4-3-5-7-12/h3-8,14,19H,9H2,1-2H3,(H,17,20). The highest BCUT2D eigenvalue weighted by atomic mass is 16.3. The van der Waals surface area contributed by atoms with Gasteiger partial charge in [-0.1, -0.05) is 30.3 Å². The molecule has 0 bridgehead atoms. The zero-order chi connectivity index (χ0) is 14.5. The molecule has 5 heteroatoms. The van der Waals surface area contributed by atoms with Gasteiger partial charge in [0.25, 0.3) is 5.91 Å². The van der Waals surface area contributed by atoms with E-state index in [4.69, 9.17) is 0 Å².